The molecule has 1 heterocycles. The van der Waals surface area contributed by atoms with Gasteiger partial charge in [-0.1, -0.05) is 26.8 Å². The minimum Gasteiger partial charge on any atom is -0.493 e. The van der Waals surface area contributed by atoms with Crippen LogP contribution in [0.1, 0.15) is 58.9 Å². The van der Waals surface area contributed by atoms with Gasteiger partial charge in [-0.05, 0) is 49.3 Å². The normalized spacial score (nSPS) is 15.1. The number of rotatable bonds is 8. The molecule has 0 aliphatic carbocycles. The predicted octanol–water partition coefficient (Wildman–Crippen LogP) is 3.57. The lowest BCUT2D eigenvalue weighted by Gasteiger charge is -2.33. The summed E-state index contributed by atoms with van der Waals surface area (Å²) < 4.78 is 10.9. The lowest BCUT2D eigenvalue weighted by atomic mass is 9.91. The molecule has 2 amide bonds. The lowest BCUT2D eigenvalue weighted by molar-refractivity contribution is -0.132. The van der Waals surface area contributed by atoms with Crippen LogP contribution in [0.3, 0.4) is 0 Å². The summed E-state index contributed by atoms with van der Waals surface area (Å²) in [5.41, 5.74) is 1.05. The largest absolute Gasteiger partial charge is 0.493 e. The Morgan fingerprint density at radius 2 is 1.86 bits per heavy atom. The summed E-state index contributed by atoms with van der Waals surface area (Å²) in [7, 11) is 1.62. The van der Waals surface area contributed by atoms with E-state index >= 15 is 0 Å². The zero-order valence-corrected chi connectivity index (χ0v) is 18.5. The second-order valence-electron chi connectivity index (χ2n) is 8.88. The number of benzene rings is 1. The maximum absolute atomic E-state index is 12.6. The third kappa shape index (κ3) is 7.59. The molecular formula is C23H36N2O4. The van der Waals surface area contributed by atoms with Crippen molar-refractivity contribution in [3.05, 3.63) is 23.8 Å². The van der Waals surface area contributed by atoms with Crippen molar-refractivity contribution >= 4 is 11.8 Å². The van der Waals surface area contributed by atoms with Gasteiger partial charge in [0.15, 0.2) is 11.5 Å². The molecule has 162 valence electrons. The SMILES string of the molecule is CCOc1ccc(CCC(=O)N2CCC(NC(=O)CC(C)(C)C)CC2)cc1OC. The third-order valence-electron chi connectivity index (χ3n) is 5.06. The summed E-state index contributed by atoms with van der Waals surface area (Å²) in [6.07, 6.45) is 3.30. The van der Waals surface area contributed by atoms with Crippen molar-refractivity contribution in [3.8, 4) is 11.5 Å². The lowest BCUT2D eigenvalue weighted by Crippen LogP contribution is -2.47. The van der Waals surface area contributed by atoms with Crippen molar-refractivity contribution in [3.63, 3.8) is 0 Å². The Hall–Kier alpha value is -2.24. The van der Waals surface area contributed by atoms with Gasteiger partial charge in [-0.3, -0.25) is 9.59 Å². The average Bonchev–Trinajstić information content (AvgIpc) is 2.66. The fraction of sp³-hybridized carbons (Fsp3) is 0.652. The van der Waals surface area contributed by atoms with E-state index in [9.17, 15) is 9.59 Å². The number of nitrogens with one attached hydrogen (secondary N) is 1. The second-order valence-corrected chi connectivity index (χ2v) is 8.88. The summed E-state index contributed by atoms with van der Waals surface area (Å²) in [4.78, 5) is 26.6. The molecule has 1 aromatic carbocycles. The summed E-state index contributed by atoms with van der Waals surface area (Å²) in [6, 6.07) is 5.99. The van der Waals surface area contributed by atoms with E-state index in [0.29, 0.717) is 44.7 Å². The molecule has 1 fully saturated rings. The Bertz CT molecular complexity index is 689. The summed E-state index contributed by atoms with van der Waals surface area (Å²) in [5.74, 6) is 1.69. The molecule has 6 nitrogen and oxygen atoms in total. The Morgan fingerprint density at radius 1 is 1.17 bits per heavy atom. The highest BCUT2D eigenvalue weighted by Gasteiger charge is 2.25. The highest BCUT2D eigenvalue weighted by atomic mass is 16.5. The van der Waals surface area contributed by atoms with E-state index in [1.54, 1.807) is 7.11 Å². The van der Waals surface area contributed by atoms with Crippen LogP contribution >= 0.6 is 0 Å². The van der Waals surface area contributed by atoms with Gasteiger partial charge in [0.05, 0.1) is 13.7 Å². The van der Waals surface area contributed by atoms with Crippen LogP contribution in [-0.2, 0) is 16.0 Å². The Balaban J connectivity index is 1.78. The molecule has 0 saturated carbocycles. The van der Waals surface area contributed by atoms with Gasteiger partial charge >= 0.3 is 0 Å². The first-order chi connectivity index (χ1) is 13.7. The zero-order valence-electron chi connectivity index (χ0n) is 18.5. The average molecular weight is 405 g/mol. The molecule has 1 aliphatic rings. The van der Waals surface area contributed by atoms with Crippen molar-refractivity contribution in [2.45, 2.75) is 65.8 Å². The minimum absolute atomic E-state index is 0.00962. The summed E-state index contributed by atoms with van der Waals surface area (Å²) in [5, 5.41) is 3.12. The topological polar surface area (TPSA) is 67.9 Å². The fourth-order valence-electron chi connectivity index (χ4n) is 3.59. The zero-order chi connectivity index (χ0) is 21.4. The van der Waals surface area contributed by atoms with Gasteiger partial charge < -0.3 is 19.7 Å². The number of methoxy groups -OCH3 is 1. The Morgan fingerprint density at radius 3 is 2.45 bits per heavy atom. The van der Waals surface area contributed by atoms with Gasteiger partial charge in [0, 0.05) is 32.0 Å². The summed E-state index contributed by atoms with van der Waals surface area (Å²) in [6.45, 7) is 10.1. The number of piperidine rings is 1. The number of hydrogen-bond donors (Lipinski definition) is 1. The first-order valence-corrected chi connectivity index (χ1v) is 10.6. The van der Waals surface area contributed by atoms with E-state index in [1.807, 2.05) is 30.0 Å². The van der Waals surface area contributed by atoms with Gasteiger partial charge in [0.1, 0.15) is 0 Å². The highest BCUT2D eigenvalue weighted by molar-refractivity contribution is 5.77. The number of ether oxygens (including phenoxy) is 2. The quantitative estimate of drug-likeness (QED) is 0.719. The van der Waals surface area contributed by atoms with E-state index in [4.69, 9.17) is 9.47 Å². The van der Waals surface area contributed by atoms with Crippen LogP contribution in [0.2, 0.25) is 0 Å². The van der Waals surface area contributed by atoms with Crippen LogP contribution in [-0.4, -0.2) is 49.6 Å². The van der Waals surface area contributed by atoms with E-state index in [0.717, 1.165) is 24.2 Å². The molecule has 0 bridgehead atoms. The van der Waals surface area contributed by atoms with Crippen LogP contribution < -0.4 is 14.8 Å². The van der Waals surface area contributed by atoms with Gasteiger partial charge in [0.2, 0.25) is 11.8 Å². The minimum atomic E-state index is -0.00962. The van der Waals surface area contributed by atoms with Crippen LogP contribution in [0.5, 0.6) is 11.5 Å². The van der Waals surface area contributed by atoms with Gasteiger partial charge in [-0.25, -0.2) is 0 Å². The van der Waals surface area contributed by atoms with Crippen LogP contribution in [0.25, 0.3) is 0 Å². The van der Waals surface area contributed by atoms with Gasteiger partial charge in [0.25, 0.3) is 0 Å². The first-order valence-electron chi connectivity index (χ1n) is 10.6. The molecule has 0 radical (unpaired) electrons. The molecular weight excluding hydrogens is 368 g/mol. The van der Waals surface area contributed by atoms with Crippen molar-refractivity contribution < 1.29 is 19.1 Å². The smallest absolute Gasteiger partial charge is 0.222 e. The molecule has 2 rings (SSSR count). The maximum atomic E-state index is 12.6. The van der Waals surface area contributed by atoms with E-state index in [-0.39, 0.29) is 23.3 Å². The number of hydrogen-bond acceptors (Lipinski definition) is 4. The van der Waals surface area contributed by atoms with Crippen molar-refractivity contribution in [2.24, 2.45) is 5.41 Å². The van der Waals surface area contributed by atoms with Crippen molar-refractivity contribution in [2.75, 3.05) is 26.8 Å². The second kappa shape index (κ2) is 10.5. The number of carbonyl (C=O) groups excluding carboxylic acids is 2. The molecule has 1 aromatic rings. The van der Waals surface area contributed by atoms with Crippen LogP contribution in [0, 0.1) is 5.41 Å². The highest BCUT2D eigenvalue weighted by Crippen LogP contribution is 2.28. The number of carbonyl (C=O) groups is 2. The molecule has 1 N–H and O–H groups in total. The third-order valence-corrected chi connectivity index (χ3v) is 5.06. The molecule has 1 saturated heterocycles. The molecule has 6 heteroatoms. The van der Waals surface area contributed by atoms with E-state index < -0.39 is 0 Å². The fourth-order valence-corrected chi connectivity index (χ4v) is 3.59. The summed E-state index contributed by atoms with van der Waals surface area (Å²) >= 11 is 0. The van der Waals surface area contributed by atoms with Crippen LogP contribution in [0.4, 0.5) is 0 Å². The van der Waals surface area contributed by atoms with Crippen LogP contribution in [0.15, 0.2) is 18.2 Å². The maximum Gasteiger partial charge on any atom is 0.222 e. The van der Waals surface area contributed by atoms with E-state index in [2.05, 4.69) is 26.1 Å². The Kier molecular flexibility index (Phi) is 8.35. The molecule has 0 atom stereocenters. The number of likely N-dealkylation sites (tertiary alicyclic amines) is 1. The molecule has 0 unspecified atom stereocenters. The van der Waals surface area contributed by atoms with Gasteiger partial charge in [-0.2, -0.15) is 0 Å². The molecule has 29 heavy (non-hydrogen) atoms. The first kappa shape index (κ1) is 23.0. The number of aryl methyl sites for hydroxylation is 1. The number of amides is 2. The van der Waals surface area contributed by atoms with E-state index in [1.165, 1.54) is 0 Å². The number of nitrogens with zero attached hydrogens (tertiary/aromatic N) is 1. The molecule has 1 aliphatic heterocycles. The van der Waals surface area contributed by atoms with Crippen molar-refractivity contribution in [1.29, 1.82) is 0 Å². The van der Waals surface area contributed by atoms with Gasteiger partial charge in [-0.15, -0.1) is 0 Å². The molecule has 0 aromatic heterocycles. The monoisotopic (exact) mass is 404 g/mol. The Labute approximate surface area is 174 Å². The standard InChI is InChI=1S/C23H36N2O4/c1-6-29-19-9-7-17(15-20(19)28-5)8-10-22(27)25-13-11-18(12-14-25)24-21(26)16-23(2,3)4/h7,9,15,18H,6,8,10-14,16H2,1-5H3,(H,24,26). The predicted molar refractivity (Wildman–Crippen MR) is 114 cm³/mol. The molecule has 0 spiro atoms. The van der Waals surface area contributed by atoms with Crippen molar-refractivity contribution in [1.82, 2.24) is 10.2 Å².